The van der Waals surface area contributed by atoms with Crippen LogP contribution in [0.2, 0.25) is 5.02 Å². The van der Waals surface area contributed by atoms with E-state index in [-0.39, 0.29) is 18.2 Å². The summed E-state index contributed by atoms with van der Waals surface area (Å²) in [6.45, 7) is 5.60. The number of alkyl carbamates (subject to hydrolysis) is 1. The minimum atomic E-state index is -0.493. The first-order valence-electron chi connectivity index (χ1n) is 11.7. The van der Waals surface area contributed by atoms with E-state index in [4.69, 9.17) is 21.3 Å². The third-order valence-corrected chi connectivity index (χ3v) is 6.05. The lowest BCUT2D eigenvalue weighted by Gasteiger charge is -2.30. The molecule has 0 bridgehead atoms. The van der Waals surface area contributed by atoms with Crippen LogP contribution in [-0.2, 0) is 4.74 Å². The Morgan fingerprint density at radius 2 is 1.59 bits per heavy atom. The fourth-order valence-electron chi connectivity index (χ4n) is 4.15. The number of aromatic nitrogens is 2. The van der Waals surface area contributed by atoms with Crippen molar-refractivity contribution < 1.29 is 9.53 Å². The first kappa shape index (κ1) is 24.0. The fraction of sp³-hybridized carbons (Fsp3) is 0.370. The Kier molecular flexibility index (Phi) is 7.37. The SMILES string of the molecule is CC(C)(C)OC(=O)N[C@H]1CC[C@H](Nc2ncc(Cl)c(-c3cccc(-c4ccccc4)c3)n2)CC1. The highest BCUT2D eigenvalue weighted by Crippen LogP contribution is 2.30. The number of carbonyl (C=O) groups is 1. The molecule has 0 atom stereocenters. The number of hydrogen-bond acceptors (Lipinski definition) is 5. The Morgan fingerprint density at radius 3 is 2.29 bits per heavy atom. The largest absolute Gasteiger partial charge is 0.444 e. The van der Waals surface area contributed by atoms with Gasteiger partial charge in [0.05, 0.1) is 16.9 Å². The first-order valence-corrected chi connectivity index (χ1v) is 12.1. The Labute approximate surface area is 206 Å². The number of benzene rings is 2. The number of carbonyl (C=O) groups excluding carboxylic acids is 1. The number of nitrogens with zero attached hydrogens (tertiary/aromatic N) is 2. The van der Waals surface area contributed by atoms with Crippen molar-refractivity contribution in [1.29, 1.82) is 0 Å². The van der Waals surface area contributed by atoms with Crippen LogP contribution in [0.4, 0.5) is 10.7 Å². The topological polar surface area (TPSA) is 76.1 Å². The van der Waals surface area contributed by atoms with Crippen LogP contribution in [0, 0.1) is 0 Å². The summed E-state index contributed by atoms with van der Waals surface area (Å²) in [6, 6.07) is 18.8. The third-order valence-electron chi connectivity index (χ3n) is 5.77. The molecular weight excluding hydrogens is 448 g/mol. The van der Waals surface area contributed by atoms with Crippen molar-refractivity contribution in [3.63, 3.8) is 0 Å². The molecule has 6 nitrogen and oxygen atoms in total. The lowest BCUT2D eigenvalue weighted by Crippen LogP contribution is -2.42. The molecule has 0 spiro atoms. The third kappa shape index (κ3) is 6.48. The molecule has 7 heteroatoms. The van der Waals surface area contributed by atoms with Crippen LogP contribution in [0.25, 0.3) is 22.4 Å². The molecule has 0 radical (unpaired) electrons. The molecule has 0 aliphatic heterocycles. The van der Waals surface area contributed by atoms with E-state index in [0.29, 0.717) is 16.7 Å². The normalized spacial score (nSPS) is 18.2. The number of amides is 1. The predicted molar refractivity (Wildman–Crippen MR) is 137 cm³/mol. The smallest absolute Gasteiger partial charge is 0.407 e. The van der Waals surface area contributed by atoms with E-state index in [0.717, 1.165) is 42.4 Å². The first-order chi connectivity index (χ1) is 16.3. The summed E-state index contributed by atoms with van der Waals surface area (Å²) in [5.74, 6) is 0.563. The van der Waals surface area contributed by atoms with Gasteiger partial charge < -0.3 is 15.4 Å². The molecule has 1 fully saturated rings. The van der Waals surface area contributed by atoms with Gasteiger partial charge in [-0.15, -0.1) is 0 Å². The van der Waals surface area contributed by atoms with E-state index in [1.807, 2.05) is 51.1 Å². The van der Waals surface area contributed by atoms with Gasteiger partial charge in [-0.3, -0.25) is 0 Å². The Balaban J connectivity index is 1.40. The van der Waals surface area contributed by atoms with Crippen LogP contribution in [0.3, 0.4) is 0 Å². The highest BCUT2D eigenvalue weighted by Gasteiger charge is 2.25. The Bertz CT molecular complexity index is 1120. The number of ether oxygens (including phenoxy) is 1. The second-order valence-electron chi connectivity index (χ2n) is 9.68. The van der Waals surface area contributed by atoms with Crippen molar-refractivity contribution in [3.05, 3.63) is 65.8 Å². The molecule has 3 aromatic rings. The molecule has 0 unspecified atom stereocenters. The van der Waals surface area contributed by atoms with E-state index in [9.17, 15) is 4.79 Å². The summed E-state index contributed by atoms with van der Waals surface area (Å²) in [5, 5.41) is 6.95. The summed E-state index contributed by atoms with van der Waals surface area (Å²) < 4.78 is 5.37. The maximum absolute atomic E-state index is 12.0. The van der Waals surface area contributed by atoms with Gasteiger partial charge in [0.25, 0.3) is 0 Å². The Hall–Kier alpha value is -3.12. The molecule has 4 rings (SSSR count). The average Bonchev–Trinajstić information content (AvgIpc) is 2.81. The van der Waals surface area contributed by atoms with Gasteiger partial charge in [0.2, 0.25) is 5.95 Å². The lowest BCUT2D eigenvalue weighted by molar-refractivity contribution is 0.0492. The molecule has 1 aromatic heterocycles. The van der Waals surface area contributed by atoms with Crippen molar-refractivity contribution in [3.8, 4) is 22.4 Å². The van der Waals surface area contributed by atoms with E-state index < -0.39 is 5.60 Å². The van der Waals surface area contributed by atoms with E-state index in [2.05, 4.69) is 39.9 Å². The Morgan fingerprint density at radius 1 is 0.941 bits per heavy atom. The molecule has 1 aliphatic carbocycles. The molecule has 1 aliphatic rings. The standard InChI is InChI=1S/C27H31ClN4O2/c1-27(2,3)34-26(33)31-22-14-12-21(13-15-22)30-25-29-17-23(28)24(32-25)20-11-7-10-19(16-20)18-8-5-4-6-9-18/h4-11,16-17,21-22H,12-15H2,1-3H3,(H,31,33)(H,29,30,32)/t21-,22-. The van der Waals surface area contributed by atoms with Gasteiger partial charge in [0.15, 0.2) is 0 Å². The number of halogens is 1. The van der Waals surface area contributed by atoms with Gasteiger partial charge in [-0.1, -0.05) is 60.1 Å². The van der Waals surface area contributed by atoms with E-state index in [1.54, 1.807) is 6.20 Å². The molecule has 178 valence electrons. The zero-order valence-electron chi connectivity index (χ0n) is 19.8. The maximum Gasteiger partial charge on any atom is 0.407 e. The summed E-state index contributed by atoms with van der Waals surface area (Å²) in [4.78, 5) is 21.2. The van der Waals surface area contributed by atoms with Crippen molar-refractivity contribution in [1.82, 2.24) is 15.3 Å². The van der Waals surface area contributed by atoms with Gasteiger partial charge in [0, 0.05) is 17.6 Å². The zero-order valence-corrected chi connectivity index (χ0v) is 20.6. The van der Waals surface area contributed by atoms with Gasteiger partial charge in [0.1, 0.15) is 5.60 Å². The second-order valence-corrected chi connectivity index (χ2v) is 10.1. The van der Waals surface area contributed by atoms with Gasteiger partial charge >= 0.3 is 6.09 Å². The van der Waals surface area contributed by atoms with Gasteiger partial charge in [-0.25, -0.2) is 14.8 Å². The lowest BCUT2D eigenvalue weighted by atomic mass is 9.91. The molecule has 2 aromatic carbocycles. The monoisotopic (exact) mass is 478 g/mol. The summed E-state index contributed by atoms with van der Waals surface area (Å²) in [5.41, 5.74) is 3.41. The average molecular weight is 479 g/mol. The molecule has 1 saturated carbocycles. The predicted octanol–water partition coefficient (Wildman–Crippen LogP) is 6.71. The summed E-state index contributed by atoms with van der Waals surface area (Å²) in [6.07, 6.45) is 4.85. The molecule has 0 saturated heterocycles. The highest BCUT2D eigenvalue weighted by molar-refractivity contribution is 6.32. The van der Waals surface area contributed by atoms with Crippen LogP contribution in [-0.4, -0.2) is 33.7 Å². The molecule has 1 amide bonds. The van der Waals surface area contributed by atoms with E-state index >= 15 is 0 Å². The molecule has 1 heterocycles. The van der Waals surface area contributed by atoms with Crippen molar-refractivity contribution in [2.24, 2.45) is 0 Å². The van der Waals surface area contributed by atoms with Crippen LogP contribution in [0.15, 0.2) is 60.8 Å². The highest BCUT2D eigenvalue weighted by atomic mass is 35.5. The van der Waals surface area contributed by atoms with Crippen molar-refractivity contribution in [2.45, 2.75) is 64.1 Å². The maximum atomic E-state index is 12.0. The molecular formula is C27H31ClN4O2. The van der Waals surface area contributed by atoms with Crippen molar-refractivity contribution in [2.75, 3.05) is 5.32 Å². The minimum absolute atomic E-state index is 0.121. The fourth-order valence-corrected chi connectivity index (χ4v) is 4.35. The van der Waals surface area contributed by atoms with E-state index in [1.165, 1.54) is 0 Å². The second kappa shape index (κ2) is 10.4. The van der Waals surface area contributed by atoms with Gasteiger partial charge in [-0.2, -0.15) is 0 Å². The number of nitrogens with one attached hydrogen (secondary N) is 2. The molecule has 2 N–H and O–H groups in total. The molecule has 34 heavy (non-hydrogen) atoms. The number of rotatable bonds is 5. The summed E-state index contributed by atoms with van der Waals surface area (Å²) in [7, 11) is 0. The van der Waals surface area contributed by atoms with Crippen molar-refractivity contribution >= 4 is 23.6 Å². The zero-order chi connectivity index (χ0) is 24.1. The van der Waals surface area contributed by atoms with Gasteiger partial charge in [-0.05, 0) is 63.6 Å². The summed E-state index contributed by atoms with van der Waals surface area (Å²) >= 11 is 6.48. The number of hydrogen-bond donors (Lipinski definition) is 2. The number of anilines is 1. The quantitative estimate of drug-likeness (QED) is 0.426. The van der Waals surface area contributed by atoms with Crippen LogP contribution in [0.1, 0.15) is 46.5 Å². The van der Waals surface area contributed by atoms with Crippen LogP contribution < -0.4 is 10.6 Å². The van der Waals surface area contributed by atoms with Crippen LogP contribution in [0.5, 0.6) is 0 Å². The van der Waals surface area contributed by atoms with Crippen LogP contribution >= 0.6 is 11.6 Å². The minimum Gasteiger partial charge on any atom is -0.444 e.